The van der Waals surface area contributed by atoms with Crippen molar-refractivity contribution in [1.29, 1.82) is 0 Å². The third kappa shape index (κ3) is 8.38. The fourth-order valence-corrected chi connectivity index (χ4v) is 3.23. The maximum absolute atomic E-state index is 12.3. The summed E-state index contributed by atoms with van der Waals surface area (Å²) < 4.78 is 0. The van der Waals surface area contributed by atoms with E-state index in [0.29, 0.717) is 6.54 Å². The van der Waals surface area contributed by atoms with Crippen LogP contribution in [0.25, 0.3) is 0 Å². The van der Waals surface area contributed by atoms with Crippen molar-refractivity contribution >= 4 is 29.2 Å². The Morgan fingerprint density at radius 2 is 1.50 bits per heavy atom. The Hall–Kier alpha value is -2.65. The molecule has 0 atom stereocenters. The van der Waals surface area contributed by atoms with Crippen LogP contribution >= 0.6 is 0 Å². The first kappa shape index (κ1) is 25.4. The molecular formula is C21H34N4O5. The summed E-state index contributed by atoms with van der Waals surface area (Å²) in [5.74, 6) is -3.57. The third-order valence-corrected chi connectivity index (χ3v) is 5.07. The molecule has 1 amide bonds. The van der Waals surface area contributed by atoms with E-state index < -0.39 is 11.9 Å². The average Bonchev–Trinajstić information content (AvgIpc) is 2.72. The van der Waals surface area contributed by atoms with E-state index in [9.17, 15) is 4.79 Å². The third-order valence-electron chi connectivity index (χ3n) is 5.07. The first-order valence-electron chi connectivity index (χ1n) is 10.3. The van der Waals surface area contributed by atoms with E-state index in [1.807, 2.05) is 6.07 Å². The molecule has 0 saturated carbocycles. The highest BCUT2D eigenvalue weighted by molar-refractivity contribution is 6.27. The highest BCUT2D eigenvalue weighted by atomic mass is 16.4. The molecule has 0 spiro atoms. The minimum atomic E-state index is -1.82. The fourth-order valence-electron chi connectivity index (χ4n) is 3.23. The van der Waals surface area contributed by atoms with Gasteiger partial charge in [0.05, 0.1) is 6.54 Å². The van der Waals surface area contributed by atoms with Gasteiger partial charge in [-0.2, -0.15) is 0 Å². The number of carbonyl (C=O) groups is 3. The first-order valence-corrected chi connectivity index (χ1v) is 10.3. The Kier molecular flexibility index (Phi) is 10.8. The number of hydrogen-bond donors (Lipinski definition) is 3. The van der Waals surface area contributed by atoms with Crippen LogP contribution in [0.1, 0.15) is 26.3 Å². The molecule has 1 aromatic rings. The summed E-state index contributed by atoms with van der Waals surface area (Å²) in [4.78, 5) is 37.5. The number of anilines is 2. The van der Waals surface area contributed by atoms with Crippen LogP contribution < -0.4 is 10.2 Å². The van der Waals surface area contributed by atoms with E-state index in [1.54, 1.807) is 0 Å². The number of piperazine rings is 1. The molecule has 1 aliphatic rings. The van der Waals surface area contributed by atoms with Crippen LogP contribution in [0.3, 0.4) is 0 Å². The lowest BCUT2D eigenvalue weighted by atomic mass is 10.1. The highest BCUT2D eigenvalue weighted by Gasteiger charge is 2.18. The van der Waals surface area contributed by atoms with Gasteiger partial charge in [-0.15, -0.1) is 0 Å². The second kappa shape index (κ2) is 12.8. The topological polar surface area (TPSA) is 113 Å². The van der Waals surface area contributed by atoms with Crippen molar-refractivity contribution in [3.63, 3.8) is 0 Å². The first-order chi connectivity index (χ1) is 14.2. The van der Waals surface area contributed by atoms with Crippen molar-refractivity contribution in [2.24, 2.45) is 0 Å². The Bertz CT molecular complexity index is 701. The van der Waals surface area contributed by atoms with Gasteiger partial charge in [0.15, 0.2) is 0 Å². The predicted octanol–water partition coefficient (Wildman–Crippen LogP) is 1.57. The minimum Gasteiger partial charge on any atom is -0.473 e. The van der Waals surface area contributed by atoms with Gasteiger partial charge in [0.1, 0.15) is 0 Å². The van der Waals surface area contributed by atoms with Crippen LogP contribution in [0.4, 0.5) is 11.4 Å². The van der Waals surface area contributed by atoms with E-state index in [2.05, 4.69) is 59.8 Å². The van der Waals surface area contributed by atoms with Gasteiger partial charge in [0.2, 0.25) is 5.91 Å². The molecule has 1 aromatic carbocycles. The van der Waals surface area contributed by atoms with Crippen LogP contribution in [-0.4, -0.2) is 90.2 Å². The van der Waals surface area contributed by atoms with Gasteiger partial charge < -0.3 is 25.3 Å². The lowest BCUT2D eigenvalue weighted by molar-refractivity contribution is -0.159. The number of nitrogens with one attached hydrogen (secondary N) is 1. The Morgan fingerprint density at radius 3 is 1.93 bits per heavy atom. The molecule has 9 heteroatoms. The van der Waals surface area contributed by atoms with Crippen molar-refractivity contribution in [1.82, 2.24) is 9.80 Å². The van der Waals surface area contributed by atoms with Crippen molar-refractivity contribution in [3.05, 3.63) is 23.8 Å². The molecule has 0 aliphatic carbocycles. The highest BCUT2D eigenvalue weighted by Crippen LogP contribution is 2.22. The number of aryl methyl sites for hydroxylation is 1. The number of carboxylic acid groups (broad SMARTS) is 2. The van der Waals surface area contributed by atoms with Gasteiger partial charge in [-0.25, -0.2) is 9.59 Å². The van der Waals surface area contributed by atoms with Crippen LogP contribution in [0.15, 0.2) is 18.2 Å². The molecule has 0 radical (unpaired) electrons. The number of benzene rings is 1. The van der Waals surface area contributed by atoms with Crippen LogP contribution in [0.5, 0.6) is 0 Å². The molecule has 0 bridgehead atoms. The van der Waals surface area contributed by atoms with Crippen LogP contribution in [-0.2, 0) is 14.4 Å². The van der Waals surface area contributed by atoms with E-state index >= 15 is 0 Å². The molecule has 1 heterocycles. The van der Waals surface area contributed by atoms with Gasteiger partial charge in [-0.3, -0.25) is 9.69 Å². The molecule has 9 nitrogen and oxygen atoms in total. The summed E-state index contributed by atoms with van der Waals surface area (Å²) in [6.45, 7) is 16.2. The van der Waals surface area contributed by atoms with E-state index in [4.69, 9.17) is 19.8 Å². The van der Waals surface area contributed by atoms with Crippen molar-refractivity contribution in [3.8, 4) is 0 Å². The van der Waals surface area contributed by atoms with Crippen LogP contribution in [0.2, 0.25) is 0 Å². The monoisotopic (exact) mass is 422 g/mol. The largest absolute Gasteiger partial charge is 0.473 e. The Labute approximate surface area is 178 Å². The fraction of sp³-hybridized carbons (Fsp3) is 0.571. The maximum atomic E-state index is 12.3. The summed E-state index contributed by atoms with van der Waals surface area (Å²) in [6.07, 6.45) is 0. The molecule has 2 rings (SSSR count). The summed E-state index contributed by atoms with van der Waals surface area (Å²) in [5.41, 5.74) is 3.25. The number of aliphatic carboxylic acids is 2. The summed E-state index contributed by atoms with van der Waals surface area (Å²) in [7, 11) is 0. The second-order valence-electron chi connectivity index (χ2n) is 7.04. The molecule has 1 saturated heterocycles. The van der Waals surface area contributed by atoms with E-state index in [1.165, 1.54) is 5.69 Å². The summed E-state index contributed by atoms with van der Waals surface area (Å²) in [6, 6.07) is 6.27. The van der Waals surface area contributed by atoms with Gasteiger partial charge in [0, 0.05) is 50.6 Å². The quantitative estimate of drug-likeness (QED) is 0.568. The number of rotatable bonds is 7. The molecule has 3 N–H and O–H groups in total. The zero-order valence-electron chi connectivity index (χ0n) is 18.3. The molecule has 1 fully saturated rings. The summed E-state index contributed by atoms with van der Waals surface area (Å²) in [5, 5.41) is 17.9. The number of carbonyl (C=O) groups excluding carboxylic acids is 1. The Balaban J connectivity index is 0.000000656. The zero-order valence-corrected chi connectivity index (χ0v) is 18.3. The minimum absolute atomic E-state index is 0.0821. The number of likely N-dealkylation sites (N-methyl/N-ethyl adjacent to an activating group) is 1. The molecule has 0 aromatic heterocycles. The second-order valence-corrected chi connectivity index (χ2v) is 7.04. The summed E-state index contributed by atoms with van der Waals surface area (Å²) >= 11 is 0. The van der Waals surface area contributed by atoms with Crippen molar-refractivity contribution < 1.29 is 24.6 Å². The van der Waals surface area contributed by atoms with Crippen LogP contribution in [0, 0.1) is 6.92 Å². The van der Waals surface area contributed by atoms with E-state index in [-0.39, 0.29) is 5.91 Å². The standard InChI is InChI=1S/C19H32N4O.C2H2O4/c1-5-21-10-12-22(13-11-21)15-19(24)20-18-9-8-17(14-16(18)4)23(6-2)7-3;3-1(4)2(5)6/h8-9,14H,5-7,10-13,15H2,1-4H3,(H,20,24);(H,3,4)(H,5,6). The molecule has 168 valence electrons. The van der Waals surface area contributed by atoms with Gasteiger partial charge in [0.25, 0.3) is 0 Å². The normalized spacial score (nSPS) is 14.4. The Morgan fingerprint density at radius 1 is 0.967 bits per heavy atom. The van der Waals surface area contributed by atoms with Gasteiger partial charge in [-0.05, 0) is 51.1 Å². The predicted molar refractivity (Wildman–Crippen MR) is 117 cm³/mol. The van der Waals surface area contributed by atoms with Crippen molar-refractivity contribution in [2.75, 3.05) is 62.6 Å². The smallest absolute Gasteiger partial charge is 0.414 e. The molecule has 1 aliphatic heterocycles. The van der Waals surface area contributed by atoms with E-state index in [0.717, 1.165) is 57.1 Å². The van der Waals surface area contributed by atoms with Gasteiger partial charge in [-0.1, -0.05) is 6.92 Å². The number of hydrogen-bond acceptors (Lipinski definition) is 6. The number of amides is 1. The average molecular weight is 423 g/mol. The molecule has 30 heavy (non-hydrogen) atoms. The number of nitrogens with zero attached hydrogens (tertiary/aromatic N) is 3. The number of carboxylic acids is 2. The molecular weight excluding hydrogens is 388 g/mol. The maximum Gasteiger partial charge on any atom is 0.414 e. The zero-order chi connectivity index (χ0) is 22.7. The lowest BCUT2D eigenvalue weighted by Crippen LogP contribution is -2.48. The molecule has 0 unspecified atom stereocenters. The SMILES string of the molecule is CCN1CCN(CC(=O)Nc2ccc(N(CC)CC)cc2C)CC1.O=C(O)C(=O)O. The lowest BCUT2D eigenvalue weighted by Gasteiger charge is -2.33. The van der Waals surface area contributed by atoms with Gasteiger partial charge >= 0.3 is 11.9 Å². The van der Waals surface area contributed by atoms with Crippen molar-refractivity contribution in [2.45, 2.75) is 27.7 Å².